The highest BCUT2D eigenvalue weighted by Crippen LogP contribution is 2.39. The normalized spacial score (nSPS) is 13.2. The number of anilines is 4. The Balaban J connectivity index is 1.76. The van der Waals surface area contributed by atoms with Crippen molar-refractivity contribution in [3.63, 3.8) is 0 Å². The summed E-state index contributed by atoms with van der Waals surface area (Å²) in [6, 6.07) is 18.6. The second kappa shape index (κ2) is 7.38. The van der Waals surface area contributed by atoms with Crippen molar-refractivity contribution in [1.29, 1.82) is 0 Å². The molecule has 4 rings (SSSR count). The average Bonchev–Trinajstić information content (AvgIpc) is 2.69. The van der Waals surface area contributed by atoms with Gasteiger partial charge in [0.15, 0.2) is 5.82 Å². The van der Waals surface area contributed by atoms with Crippen molar-refractivity contribution in [2.24, 2.45) is 0 Å². The number of aryl methyl sites for hydroxylation is 2. The van der Waals surface area contributed by atoms with Crippen molar-refractivity contribution >= 4 is 34.9 Å². The van der Waals surface area contributed by atoms with Crippen LogP contribution in [-0.2, 0) is 6.42 Å². The maximum absolute atomic E-state index is 4.88. The highest BCUT2D eigenvalue weighted by molar-refractivity contribution is 7.99. The Kier molecular flexibility index (Phi) is 4.80. The van der Waals surface area contributed by atoms with Crippen LogP contribution in [-0.4, -0.2) is 22.8 Å². The van der Waals surface area contributed by atoms with E-state index in [1.807, 2.05) is 30.0 Å². The van der Waals surface area contributed by atoms with Crippen LogP contribution in [0, 0.1) is 6.92 Å². The lowest BCUT2D eigenvalue weighted by atomic mass is 10.2. The molecule has 2 heterocycles. The van der Waals surface area contributed by atoms with Crippen LogP contribution in [0.3, 0.4) is 0 Å². The van der Waals surface area contributed by atoms with E-state index in [9.17, 15) is 0 Å². The average molecular weight is 363 g/mol. The van der Waals surface area contributed by atoms with Crippen LogP contribution in [0.25, 0.3) is 0 Å². The SMILES string of the molecule is Cc1ccccc1Nc1nc2c(c(N(C)c3ccccc3)n1)SCCC2. The van der Waals surface area contributed by atoms with Crippen LogP contribution in [0.1, 0.15) is 17.7 Å². The second-order valence-corrected chi connectivity index (χ2v) is 7.54. The molecule has 0 saturated heterocycles. The number of hydrogen-bond donors (Lipinski definition) is 1. The van der Waals surface area contributed by atoms with E-state index in [-0.39, 0.29) is 0 Å². The van der Waals surface area contributed by atoms with E-state index in [4.69, 9.17) is 9.97 Å². The molecular formula is C21H22N4S. The first kappa shape index (κ1) is 16.9. The molecule has 1 aromatic heterocycles. The minimum atomic E-state index is 0.665. The molecule has 0 atom stereocenters. The maximum atomic E-state index is 4.88. The first-order valence-electron chi connectivity index (χ1n) is 8.87. The molecule has 0 saturated carbocycles. The summed E-state index contributed by atoms with van der Waals surface area (Å²) in [4.78, 5) is 13.1. The zero-order valence-corrected chi connectivity index (χ0v) is 15.9. The fourth-order valence-corrected chi connectivity index (χ4v) is 4.22. The Morgan fingerprint density at radius 3 is 2.58 bits per heavy atom. The number of rotatable bonds is 4. The van der Waals surface area contributed by atoms with Crippen molar-refractivity contribution in [3.8, 4) is 0 Å². The smallest absolute Gasteiger partial charge is 0.229 e. The summed E-state index contributed by atoms with van der Waals surface area (Å²) in [5.74, 6) is 2.76. The van der Waals surface area contributed by atoms with Gasteiger partial charge in [-0.2, -0.15) is 4.98 Å². The number of benzene rings is 2. The van der Waals surface area contributed by atoms with Crippen LogP contribution in [0.2, 0.25) is 0 Å². The monoisotopic (exact) mass is 362 g/mol. The molecule has 0 aliphatic carbocycles. The van der Waals surface area contributed by atoms with Gasteiger partial charge in [0.25, 0.3) is 0 Å². The van der Waals surface area contributed by atoms with E-state index in [0.717, 1.165) is 41.5 Å². The van der Waals surface area contributed by atoms with E-state index in [1.165, 1.54) is 10.5 Å². The topological polar surface area (TPSA) is 41.1 Å². The quantitative estimate of drug-likeness (QED) is 0.679. The number of hydrogen-bond acceptors (Lipinski definition) is 5. The van der Waals surface area contributed by atoms with Crippen LogP contribution < -0.4 is 10.2 Å². The molecule has 1 aliphatic heterocycles. The first-order valence-corrected chi connectivity index (χ1v) is 9.86. The fourth-order valence-electron chi connectivity index (χ4n) is 3.11. The minimum absolute atomic E-state index is 0.665. The molecule has 0 spiro atoms. The Labute approximate surface area is 158 Å². The molecule has 132 valence electrons. The van der Waals surface area contributed by atoms with Gasteiger partial charge in [-0.15, -0.1) is 11.8 Å². The molecule has 26 heavy (non-hydrogen) atoms. The summed E-state index contributed by atoms with van der Waals surface area (Å²) in [6.45, 7) is 2.09. The molecule has 5 heteroatoms. The van der Waals surface area contributed by atoms with Gasteiger partial charge in [0.1, 0.15) is 0 Å². The number of nitrogens with one attached hydrogen (secondary N) is 1. The summed E-state index contributed by atoms with van der Waals surface area (Å²) in [5, 5.41) is 3.41. The number of thioether (sulfide) groups is 1. The zero-order valence-electron chi connectivity index (χ0n) is 15.1. The van der Waals surface area contributed by atoms with Gasteiger partial charge in [0.2, 0.25) is 5.95 Å². The van der Waals surface area contributed by atoms with Crippen LogP contribution in [0.15, 0.2) is 59.5 Å². The van der Waals surface area contributed by atoms with Gasteiger partial charge in [-0.1, -0.05) is 36.4 Å². The van der Waals surface area contributed by atoms with Gasteiger partial charge in [0.05, 0.1) is 10.6 Å². The molecule has 0 fully saturated rings. The zero-order chi connectivity index (χ0) is 17.9. The summed E-state index contributed by atoms with van der Waals surface area (Å²) >= 11 is 1.86. The Hall–Kier alpha value is -2.53. The highest BCUT2D eigenvalue weighted by Gasteiger charge is 2.21. The van der Waals surface area contributed by atoms with E-state index >= 15 is 0 Å². The van der Waals surface area contributed by atoms with Gasteiger partial charge < -0.3 is 10.2 Å². The predicted octanol–water partition coefficient (Wildman–Crippen LogP) is 5.33. The highest BCUT2D eigenvalue weighted by atomic mass is 32.2. The number of nitrogens with zero attached hydrogens (tertiary/aromatic N) is 3. The van der Waals surface area contributed by atoms with Crippen LogP contribution in [0.5, 0.6) is 0 Å². The first-order chi connectivity index (χ1) is 12.7. The molecule has 3 aromatic rings. The Morgan fingerprint density at radius 2 is 1.77 bits per heavy atom. The third-order valence-electron chi connectivity index (χ3n) is 4.57. The molecule has 0 amide bonds. The lowest BCUT2D eigenvalue weighted by Gasteiger charge is -2.25. The third-order valence-corrected chi connectivity index (χ3v) is 5.77. The van der Waals surface area contributed by atoms with Gasteiger partial charge >= 0.3 is 0 Å². The third kappa shape index (κ3) is 3.40. The predicted molar refractivity (Wildman–Crippen MR) is 110 cm³/mol. The van der Waals surface area contributed by atoms with Gasteiger partial charge in [-0.3, -0.25) is 0 Å². The van der Waals surface area contributed by atoms with E-state index in [2.05, 4.69) is 60.6 Å². The van der Waals surface area contributed by atoms with Crippen molar-refractivity contribution in [2.75, 3.05) is 23.0 Å². The number of para-hydroxylation sites is 2. The maximum Gasteiger partial charge on any atom is 0.229 e. The van der Waals surface area contributed by atoms with Crippen LogP contribution in [0.4, 0.5) is 23.1 Å². The lowest BCUT2D eigenvalue weighted by molar-refractivity contribution is 0.827. The van der Waals surface area contributed by atoms with E-state index in [1.54, 1.807) is 0 Å². The molecular weight excluding hydrogens is 340 g/mol. The molecule has 1 aliphatic rings. The van der Waals surface area contributed by atoms with Crippen molar-refractivity contribution < 1.29 is 0 Å². The van der Waals surface area contributed by atoms with Gasteiger partial charge in [-0.05, 0) is 49.3 Å². The van der Waals surface area contributed by atoms with E-state index in [0.29, 0.717) is 5.95 Å². The summed E-state index contributed by atoms with van der Waals surface area (Å²) in [5.41, 5.74) is 4.50. The largest absolute Gasteiger partial charge is 0.328 e. The molecule has 0 bridgehead atoms. The summed E-state index contributed by atoms with van der Waals surface area (Å²) in [6.07, 6.45) is 2.16. The summed E-state index contributed by atoms with van der Waals surface area (Å²) in [7, 11) is 2.07. The van der Waals surface area contributed by atoms with Gasteiger partial charge in [-0.25, -0.2) is 4.98 Å². The fraction of sp³-hybridized carbons (Fsp3) is 0.238. The van der Waals surface area contributed by atoms with E-state index < -0.39 is 0 Å². The molecule has 0 unspecified atom stereocenters. The lowest BCUT2D eigenvalue weighted by Crippen LogP contribution is -2.17. The summed E-state index contributed by atoms with van der Waals surface area (Å²) < 4.78 is 0. The molecule has 1 N–H and O–H groups in total. The second-order valence-electron chi connectivity index (χ2n) is 6.43. The van der Waals surface area contributed by atoms with Crippen molar-refractivity contribution in [1.82, 2.24) is 9.97 Å². The molecule has 0 radical (unpaired) electrons. The Bertz CT molecular complexity index is 911. The standard InChI is InChI=1S/C21H22N4S/c1-15-9-6-7-12-17(15)22-21-23-18-13-8-14-26-19(18)20(24-21)25(2)16-10-4-3-5-11-16/h3-7,9-12H,8,13-14H2,1-2H3,(H,22,23,24). The van der Waals surface area contributed by atoms with Crippen LogP contribution >= 0.6 is 11.8 Å². The number of aromatic nitrogens is 2. The van der Waals surface area contributed by atoms with Crippen molar-refractivity contribution in [3.05, 3.63) is 65.9 Å². The van der Waals surface area contributed by atoms with Crippen molar-refractivity contribution in [2.45, 2.75) is 24.7 Å². The number of fused-ring (bicyclic) bond motifs is 1. The molecule has 4 nitrogen and oxygen atoms in total. The molecule has 2 aromatic carbocycles. The minimum Gasteiger partial charge on any atom is -0.328 e. The van der Waals surface area contributed by atoms with Gasteiger partial charge in [0, 0.05) is 18.4 Å². The Morgan fingerprint density at radius 1 is 1.00 bits per heavy atom.